The summed E-state index contributed by atoms with van der Waals surface area (Å²) in [5.41, 5.74) is 5.57. The minimum atomic E-state index is 0.788. The Bertz CT molecular complexity index is 615. The molecule has 0 saturated heterocycles. The zero-order valence-corrected chi connectivity index (χ0v) is 14.7. The van der Waals surface area contributed by atoms with E-state index >= 15 is 0 Å². The van der Waals surface area contributed by atoms with E-state index < -0.39 is 0 Å². The quantitative estimate of drug-likeness (QED) is 0.818. The average Bonchev–Trinajstić information content (AvgIpc) is 2.41. The Morgan fingerprint density at radius 3 is 2.33 bits per heavy atom. The van der Waals surface area contributed by atoms with Crippen molar-refractivity contribution >= 4 is 15.9 Å². The molecular weight excluding hydrogens is 326 g/mol. The number of hydrogen-bond acceptors (Lipinski definition) is 3. The monoisotopic (exact) mass is 347 g/mol. The van der Waals surface area contributed by atoms with Crippen LogP contribution in [0.5, 0.6) is 0 Å². The maximum absolute atomic E-state index is 4.69. The molecule has 1 aromatic heterocycles. The molecule has 0 spiro atoms. The number of nitrogens with one attached hydrogen (secondary N) is 1. The third-order valence-electron chi connectivity index (χ3n) is 3.51. The Balaban J connectivity index is 2.35. The number of aryl methyl sites for hydroxylation is 3. The lowest BCUT2D eigenvalue weighted by molar-refractivity contribution is 0.665. The van der Waals surface area contributed by atoms with Crippen LogP contribution in [-0.4, -0.2) is 16.5 Å². The first kappa shape index (κ1) is 16.1. The molecule has 112 valence electrons. The minimum absolute atomic E-state index is 0.788. The lowest BCUT2D eigenvalue weighted by Gasteiger charge is -2.12. The van der Waals surface area contributed by atoms with Gasteiger partial charge in [0.2, 0.25) is 0 Å². The van der Waals surface area contributed by atoms with Gasteiger partial charge in [0, 0.05) is 33.5 Å². The van der Waals surface area contributed by atoms with E-state index in [1.54, 1.807) is 0 Å². The highest BCUT2D eigenvalue weighted by Crippen LogP contribution is 2.27. The van der Waals surface area contributed by atoms with Crippen molar-refractivity contribution in [3.8, 4) is 11.4 Å². The predicted octanol–water partition coefficient (Wildman–Crippen LogP) is 4.33. The summed E-state index contributed by atoms with van der Waals surface area (Å²) in [6.45, 7) is 10.2. The van der Waals surface area contributed by atoms with Crippen molar-refractivity contribution in [2.75, 3.05) is 6.54 Å². The van der Waals surface area contributed by atoms with Crippen LogP contribution in [0.25, 0.3) is 11.4 Å². The van der Waals surface area contributed by atoms with Crippen molar-refractivity contribution in [3.05, 3.63) is 45.2 Å². The molecule has 0 saturated carbocycles. The first-order valence-corrected chi connectivity index (χ1v) is 8.13. The standard InChI is InChI=1S/C17H22BrN3/c1-5-8-19-10-15-12(3)20-17(21-13(15)4)14-7-6-11(2)9-16(14)18/h6-7,9,19H,5,8,10H2,1-4H3. The molecule has 1 N–H and O–H groups in total. The number of benzene rings is 1. The van der Waals surface area contributed by atoms with Crippen LogP contribution in [0.15, 0.2) is 22.7 Å². The second kappa shape index (κ2) is 7.14. The van der Waals surface area contributed by atoms with E-state index in [2.05, 4.69) is 67.1 Å². The molecule has 0 fully saturated rings. The van der Waals surface area contributed by atoms with E-state index in [1.165, 1.54) is 11.1 Å². The van der Waals surface area contributed by atoms with E-state index in [-0.39, 0.29) is 0 Å². The Labute approximate surface area is 135 Å². The van der Waals surface area contributed by atoms with Crippen LogP contribution in [0.2, 0.25) is 0 Å². The molecule has 0 amide bonds. The Morgan fingerprint density at radius 1 is 1.10 bits per heavy atom. The normalized spacial score (nSPS) is 10.9. The fraction of sp³-hybridized carbons (Fsp3) is 0.412. The van der Waals surface area contributed by atoms with Crippen LogP contribution in [0.4, 0.5) is 0 Å². The first-order chi connectivity index (χ1) is 10.0. The van der Waals surface area contributed by atoms with Gasteiger partial charge in [-0.25, -0.2) is 9.97 Å². The summed E-state index contributed by atoms with van der Waals surface area (Å²) in [7, 11) is 0. The van der Waals surface area contributed by atoms with Gasteiger partial charge in [-0.3, -0.25) is 0 Å². The summed E-state index contributed by atoms with van der Waals surface area (Å²) >= 11 is 3.61. The molecule has 0 radical (unpaired) electrons. The number of halogens is 1. The van der Waals surface area contributed by atoms with Crippen LogP contribution in [0, 0.1) is 20.8 Å². The second-order valence-corrected chi connectivity index (χ2v) is 6.21. The van der Waals surface area contributed by atoms with E-state index in [0.29, 0.717) is 0 Å². The lowest BCUT2D eigenvalue weighted by Crippen LogP contribution is -2.17. The highest BCUT2D eigenvalue weighted by molar-refractivity contribution is 9.10. The molecule has 21 heavy (non-hydrogen) atoms. The molecule has 1 aromatic carbocycles. The van der Waals surface area contributed by atoms with Gasteiger partial charge in [-0.15, -0.1) is 0 Å². The Morgan fingerprint density at radius 2 is 1.76 bits per heavy atom. The third-order valence-corrected chi connectivity index (χ3v) is 4.17. The maximum Gasteiger partial charge on any atom is 0.160 e. The Hall–Kier alpha value is -1.26. The zero-order valence-electron chi connectivity index (χ0n) is 13.1. The summed E-state index contributed by atoms with van der Waals surface area (Å²) in [6.07, 6.45) is 1.13. The third kappa shape index (κ3) is 3.89. The van der Waals surface area contributed by atoms with Gasteiger partial charge >= 0.3 is 0 Å². The summed E-state index contributed by atoms with van der Waals surface area (Å²) < 4.78 is 1.04. The molecular formula is C17H22BrN3. The van der Waals surface area contributed by atoms with Crippen LogP contribution >= 0.6 is 15.9 Å². The molecule has 0 aliphatic carbocycles. The van der Waals surface area contributed by atoms with E-state index in [4.69, 9.17) is 9.97 Å². The molecule has 0 bridgehead atoms. The number of rotatable bonds is 5. The summed E-state index contributed by atoms with van der Waals surface area (Å²) in [5, 5.41) is 3.42. The number of hydrogen-bond donors (Lipinski definition) is 1. The molecule has 0 aliphatic rings. The van der Waals surface area contributed by atoms with Crippen molar-refractivity contribution in [2.24, 2.45) is 0 Å². The summed E-state index contributed by atoms with van der Waals surface area (Å²) in [6, 6.07) is 6.26. The van der Waals surface area contributed by atoms with Gasteiger partial charge in [0.05, 0.1) is 0 Å². The molecule has 0 unspecified atom stereocenters. The van der Waals surface area contributed by atoms with Crippen LogP contribution in [0.3, 0.4) is 0 Å². The van der Waals surface area contributed by atoms with Crippen LogP contribution < -0.4 is 5.32 Å². The molecule has 2 rings (SSSR count). The summed E-state index contributed by atoms with van der Waals surface area (Å²) in [5.74, 6) is 0.788. The largest absolute Gasteiger partial charge is 0.313 e. The van der Waals surface area contributed by atoms with E-state index in [9.17, 15) is 0 Å². The van der Waals surface area contributed by atoms with Crippen LogP contribution in [-0.2, 0) is 6.54 Å². The lowest BCUT2D eigenvalue weighted by atomic mass is 10.1. The van der Waals surface area contributed by atoms with Crippen molar-refractivity contribution in [2.45, 2.75) is 40.7 Å². The Kier molecular flexibility index (Phi) is 5.48. The van der Waals surface area contributed by atoms with Crippen molar-refractivity contribution in [3.63, 3.8) is 0 Å². The smallest absolute Gasteiger partial charge is 0.160 e. The first-order valence-electron chi connectivity index (χ1n) is 7.34. The van der Waals surface area contributed by atoms with Crippen LogP contribution in [0.1, 0.15) is 35.9 Å². The van der Waals surface area contributed by atoms with E-state index in [0.717, 1.165) is 46.8 Å². The fourth-order valence-corrected chi connectivity index (χ4v) is 2.98. The van der Waals surface area contributed by atoms with Crippen molar-refractivity contribution < 1.29 is 0 Å². The second-order valence-electron chi connectivity index (χ2n) is 5.36. The van der Waals surface area contributed by atoms with E-state index in [1.807, 2.05) is 0 Å². The predicted molar refractivity (Wildman–Crippen MR) is 91.4 cm³/mol. The average molecular weight is 348 g/mol. The van der Waals surface area contributed by atoms with Crippen molar-refractivity contribution in [1.82, 2.24) is 15.3 Å². The molecule has 0 atom stereocenters. The number of aromatic nitrogens is 2. The van der Waals surface area contributed by atoms with Gasteiger partial charge in [-0.2, -0.15) is 0 Å². The number of nitrogens with zero attached hydrogens (tertiary/aromatic N) is 2. The highest BCUT2D eigenvalue weighted by Gasteiger charge is 2.12. The van der Waals surface area contributed by atoms with Gasteiger partial charge in [-0.05, 0) is 51.4 Å². The molecule has 4 heteroatoms. The van der Waals surface area contributed by atoms with Gasteiger partial charge in [0.15, 0.2) is 5.82 Å². The van der Waals surface area contributed by atoms with Crippen molar-refractivity contribution in [1.29, 1.82) is 0 Å². The topological polar surface area (TPSA) is 37.8 Å². The van der Waals surface area contributed by atoms with Gasteiger partial charge in [-0.1, -0.05) is 28.9 Å². The fourth-order valence-electron chi connectivity index (χ4n) is 2.31. The maximum atomic E-state index is 4.69. The van der Waals surface area contributed by atoms with Gasteiger partial charge < -0.3 is 5.32 Å². The van der Waals surface area contributed by atoms with Gasteiger partial charge in [0.1, 0.15) is 0 Å². The molecule has 3 nitrogen and oxygen atoms in total. The molecule has 1 heterocycles. The van der Waals surface area contributed by atoms with Gasteiger partial charge in [0.25, 0.3) is 0 Å². The SMILES string of the molecule is CCCNCc1c(C)nc(-c2ccc(C)cc2Br)nc1C. The molecule has 2 aromatic rings. The molecule has 0 aliphatic heterocycles. The highest BCUT2D eigenvalue weighted by atomic mass is 79.9. The minimum Gasteiger partial charge on any atom is -0.313 e. The summed E-state index contributed by atoms with van der Waals surface area (Å²) in [4.78, 5) is 9.38. The zero-order chi connectivity index (χ0) is 15.4.